The summed E-state index contributed by atoms with van der Waals surface area (Å²) in [7, 11) is 1.34. The summed E-state index contributed by atoms with van der Waals surface area (Å²) in [4.78, 5) is 25.4. The summed E-state index contributed by atoms with van der Waals surface area (Å²) in [5.74, 6) is -1.84. The number of carbonyl (C=O) groups is 2. The third-order valence-corrected chi connectivity index (χ3v) is 6.12. The molecule has 1 N–H and O–H groups in total. The highest BCUT2D eigenvalue weighted by Crippen LogP contribution is 2.26. The van der Waals surface area contributed by atoms with Crippen LogP contribution in [0.5, 0.6) is 0 Å². The van der Waals surface area contributed by atoms with Gasteiger partial charge in [0.1, 0.15) is 12.1 Å². The van der Waals surface area contributed by atoms with Crippen molar-refractivity contribution in [2.75, 3.05) is 5.32 Å². The van der Waals surface area contributed by atoms with Gasteiger partial charge in [-0.1, -0.05) is 35.5 Å². The molecule has 1 amide bonds. The van der Waals surface area contributed by atoms with Crippen LogP contribution in [0, 0.1) is 11.3 Å². The molecule has 0 saturated heterocycles. The van der Waals surface area contributed by atoms with E-state index in [0.717, 1.165) is 11.6 Å². The molecule has 0 unspecified atom stereocenters. The zero-order valence-electron chi connectivity index (χ0n) is 17.2. The number of esters is 1. The van der Waals surface area contributed by atoms with Crippen molar-refractivity contribution in [2.24, 2.45) is 0 Å². The van der Waals surface area contributed by atoms with Crippen molar-refractivity contribution >= 4 is 48.2 Å². The number of anilines is 1. The number of nitrogens with zero attached hydrogens (tertiary/aromatic N) is 2. The smallest absolute Gasteiger partial charge is 0.340 e. The van der Waals surface area contributed by atoms with Crippen LogP contribution in [0.15, 0.2) is 76.1 Å². The molecule has 0 aliphatic heterocycles. The first-order valence-electron chi connectivity index (χ1n) is 9.67. The summed E-state index contributed by atoms with van der Waals surface area (Å²) < 4.78 is 33.7. The van der Waals surface area contributed by atoms with E-state index >= 15 is 0 Å². The summed E-state index contributed by atoms with van der Waals surface area (Å²) >= 11 is 0. The van der Waals surface area contributed by atoms with Gasteiger partial charge in [-0.15, -0.1) is 0 Å². The van der Waals surface area contributed by atoms with E-state index in [1.807, 2.05) is 12.1 Å². The van der Waals surface area contributed by atoms with Gasteiger partial charge >= 0.3 is 5.97 Å². The standard InChI is InChI=1S/C23H14ClN3O6S/c24-34(30,31)16-7-9-20-17(11-16)21(33-27-20)22(28)26-19-8-6-15(12-25)10-18(19)23(29)32-13-14-4-2-1-3-5-14/h1-11H,13H2,(H,26,28). The first-order chi connectivity index (χ1) is 16.3. The molecule has 0 spiro atoms. The number of hydrogen-bond donors (Lipinski definition) is 1. The van der Waals surface area contributed by atoms with E-state index < -0.39 is 20.9 Å². The largest absolute Gasteiger partial charge is 0.457 e. The second-order valence-electron chi connectivity index (χ2n) is 7.02. The van der Waals surface area contributed by atoms with Gasteiger partial charge in [0.2, 0.25) is 5.76 Å². The van der Waals surface area contributed by atoms with Gasteiger partial charge in [0.25, 0.3) is 15.0 Å². The molecule has 0 aliphatic rings. The molecule has 0 atom stereocenters. The number of nitriles is 1. The minimum absolute atomic E-state index is 0.00768. The lowest BCUT2D eigenvalue weighted by atomic mass is 10.1. The molecule has 11 heteroatoms. The van der Waals surface area contributed by atoms with Crippen LogP contribution in [-0.4, -0.2) is 25.5 Å². The van der Waals surface area contributed by atoms with Crippen molar-refractivity contribution in [1.29, 1.82) is 5.26 Å². The van der Waals surface area contributed by atoms with Crippen molar-refractivity contribution < 1.29 is 27.3 Å². The van der Waals surface area contributed by atoms with Crippen molar-refractivity contribution in [1.82, 2.24) is 5.16 Å². The van der Waals surface area contributed by atoms with Crippen LogP contribution in [0.3, 0.4) is 0 Å². The Kier molecular flexibility index (Phi) is 6.32. The van der Waals surface area contributed by atoms with Crippen LogP contribution in [0.4, 0.5) is 5.69 Å². The lowest BCUT2D eigenvalue weighted by Crippen LogP contribution is -2.16. The van der Waals surface area contributed by atoms with E-state index in [-0.39, 0.29) is 45.0 Å². The fourth-order valence-corrected chi connectivity index (χ4v) is 3.88. The maximum atomic E-state index is 12.9. The van der Waals surface area contributed by atoms with Gasteiger partial charge in [0, 0.05) is 10.7 Å². The summed E-state index contributed by atoms with van der Waals surface area (Å²) in [6, 6.07) is 18.8. The molecule has 1 heterocycles. The lowest BCUT2D eigenvalue weighted by Gasteiger charge is -2.11. The Labute approximate surface area is 197 Å². The fraction of sp³-hybridized carbons (Fsp3) is 0.0435. The van der Waals surface area contributed by atoms with Crippen LogP contribution in [0.1, 0.15) is 32.0 Å². The highest BCUT2D eigenvalue weighted by molar-refractivity contribution is 8.13. The third-order valence-electron chi connectivity index (χ3n) is 4.77. The molecule has 0 saturated carbocycles. The first kappa shape index (κ1) is 23.0. The van der Waals surface area contributed by atoms with Gasteiger partial charge in [-0.05, 0) is 42.0 Å². The third kappa shape index (κ3) is 4.91. The Balaban J connectivity index is 1.63. The minimum Gasteiger partial charge on any atom is -0.457 e. The normalized spacial score (nSPS) is 11.1. The number of fused-ring (bicyclic) bond motifs is 1. The lowest BCUT2D eigenvalue weighted by molar-refractivity contribution is 0.0474. The number of carbonyl (C=O) groups excluding carboxylic acids is 2. The molecule has 0 bridgehead atoms. The van der Waals surface area contributed by atoms with Crippen molar-refractivity contribution in [3.63, 3.8) is 0 Å². The quantitative estimate of drug-likeness (QED) is 0.309. The maximum absolute atomic E-state index is 12.9. The Bertz CT molecular complexity index is 1560. The molecular formula is C23H14ClN3O6S. The number of amides is 1. The van der Waals surface area contributed by atoms with E-state index in [1.54, 1.807) is 24.3 Å². The molecule has 4 rings (SSSR count). The number of ether oxygens (including phenoxy) is 1. The molecule has 1 aromatic heterocycles. The molecule has 170 valence electrons. The van der Waals surface area contributed by atoms with Gasteiger partial charge in [-0.2, -0.15) is 5.26 Å². The molecule has 3 aromatic carbocycles. The highest BCUT2D eigenvalue weighted by Gasteiger charge is 2.22. The average Bonchev–Trinajstić information content (AvgIpc) is 3.26. The molecule has 0 fully saturated rings. The number of hydrogen-bond acceptors (Lipinski definition) is 8. The molecular weight excluding hydrogens is 482 g/mol. The topological polar surface area (TPSA) is 139 Å². The Hall–Kier alpha value is -4.20. The van der Waals surface area contributed by atoms with Gasteiger partial charge in [-0.3, -0.25) is 4.79 Å². The van der Waals surface area contributed by atoms with Crippen LogP contribution in [0.2, 0.25) is 0 Å². The SMILES string of the molecule is N#Cc1ccc(NC(=O)c2onc3ccc(S(=O)(=O)Cl)cc23)c(C(=O)OCc2ccccc2)c1. The Morgan fingerprint density at radius 3 is 2.56 bits per heavy atom. The monoisotopic (exact) mass is 495 g/mol. The highest BCUT2D eigenvalue weighted by atomic mass is 35.7. The zero-order valence-corrected chi connectivity index (χ0v) is 18.8. The average molecular weight is 496 g/mol. The van der Waals surface area contributed by atoms with E-state index in [0.29, 0.717) is 0 Å². The Morgan fingerprint density at radius 1 is 1.09 bits per heavy atom. The number of nitrogens with one attached hydrogen (secondary N) is 1. The second kappa shape index (κ2) is 9.35. The van der Waals surface area contributed by atoms with Crippen LogP contribution in [-0.2, 0) is 20.4 Å². The van der Waals surface area contributed by atoms with Crippen LogP contribution < -0.4 is 5.32 Å². The van der Waals surface area contributed by atoms with Gasteiger partial charge in [0.15, 0.2) is 0 Å². The summed E-state index contributed by atoms with van der Waals surface area (Å²) in [5.41, 5.74) is 1.20. The van der Waals surface area contributed by atoms with Crippen molar-refractivity contribution in [3.8, 4) is 6.07 Å². The van der Waals surface area contributed by atoms with E-state index in [2.05, 4.69) is 10.5 Å². The van der Waals surface area contributed by atoms with Gasteiger partial charge in [0.05, 0.1) is 33.2 Å². The number of halogens is 1. The predicted octanol–water partition coefficient (Wildman–Crippen LogP) is 4.24. The molecule has 4 aromatic rings. The molecule has 9 nitrogen and oxygen atoms in total. The fourth-order valence-electron chi connectivity index (χ4n) is 3.11. The first-order valence-corrected chi connectivity index (χ1v) is 12.0. The summed E-state index contributed by atoms with van der Waals surface area (Å²) in [5, 5.41) is 15.6. The number of rotatable bonds is 6. The van der Waals surface area contributed by atoms with Gasteiger partial charge < -0.3 is 14.6 Å². The molecule has 0 radical (unpaired) electrons. The minimum atomic E-state index is -4.05. The van der Waals surface area contributed by atoms with Crippen molar-refractivity contribution in [2.45, 2.75) is 11.5 Å². The van der Waals surface area contributed by atoms with E-state index in [4.69, 9.17) is 19.9 Å². The number of aromatic nitrogens is 1. The summed E-state index contributed by atoms with van der Waals surface area (Å²) in [6.45, 7) is -0.00768. The number of benzene rings is 3. The van der Waals surface area contributed by atoms with Crippen LogP contribution >= 0.6 is 10.7 Å². The van der Waals surface area contributed by atoms with E-state index in [1.165, 1.54) is 30.3 Å². The predicted molar refractivity (Wildman–Crippen MR) is 122 cm³/mol. The molecule has 0 aliphatic carbocycles. The summed E-state index contributed by atoms with van der Waals surface area (Å²) in [6.07, 6.45) is 0. The zero-order chi connectivity index (χ0) is 24.3. The van der Waals surface area contributed by atoms with Crippen LogP contribution in [0.25, 0.3) is 10.9 Å². The second-order valence-corrected chi connectivity index (χ2v) is 9.58. The molecule has 34 heavy (non-hydrogen) atoms. The van der Waals surface area contributed by atoms with Crippen molar-refractivity contribution in [3.05, 3.63) is 89.2 Å². The van der Waals surface area contributed by atoms with E-state index in [9.17, 15) is 23.3 Å². The maximum Gasteiger partial charge on any atom is 0.340 e. The Morgan fingerprint density at radius 2 is 1.85 bits per heavy atom. The van der Waals surface area contributed by atoms with Gasteiger partial charge in [-0.25, -0.2) is 13.2 Å².